The van der Waals surface area contributed by atoms with E-state index < -0.39 is 0 Å². The highest BCUT2D eigenvalue weighted by Crippen LogP contribution is 2.25. The zero-order valence-electron chi connectivity index (χ0n) is 18.7. The van der Waals surface area contributed by atoms with Crippen LogP contribution in [0.5, 0.6) is 0 Å². The lowest BCUT2D eigenvalue weighted by Gasteiger charge is -2.35. The summed E-state index contributed by atoms with van der Waals surface area (Å²) in [5, 5.41) is 3.51. The minimum Gasteiger partial charge on any atom is -0.338 e. The third-order valence-corrected chi connectivity index (χ3v) is 6.08. The average Bonchev–Trinajstić information content (AvgIpc) is 2.79. The summed E-state index contributed by atoms with van der Waals surface area (Å²) in [7, 11) is 0. The fraction of sp³-hybridized carbons (Fsp3) is 0.542. The van der Waals surface area contributed by atoms with Crippen LogP contribution in [0.2, 0.25) is 0 Å². The lowest BCUT2D eigenvalue weighted by molar-refractivity contribution is -0.130. The number of carbonyl (C=O) groups excluding carboxylic acids is 1. The Bertz CT molecular complexity index is 785. The first kappa shape index (κ1) is 22.2. The summed E-state index contributed by atoms with van der Waals surface area (Å²) in [5.74, 6) is 1.87. The van der Waals surface area contributed by atoms with Crippen LogP contribution >= 0.6 is 0 Å². The van der Waals surface area contributed by atoms with E-state index in [-0.39, 0.29) is 11.9 Å². The predicted octanol–water partition coefficient (Wildman–Crippen LogP) is 3.63. The van der Waals surface area contributed by atoms with Crippen LogP contribution in [-0.4, -0.2) is 53.5 Å². The molecular formula is C24H35N5O. The molecule has 2 aromatic rings. The molecule has 162 valence electrons. The molecular weight excluding hydrogens is 374 g/mol. The quantitative estimate of drug-likeness (QED) is 0.721. The van der Waals surface area contributed by atoms with E-state index in [1.54, 1.807) is 12.4 Å². The van der Waals surface area contributed by atoms with Gasteiger partial charge in [-0.3, -0.25) is 4.79 Å². The predicted molar refractivity (Wildman–Crippen MR) is 122 cm³/mol. The summed E-state index contributed by atoms with van der Waals surface area (Å²) in [5.41, 5.74) is 2.62. The van der Waals surface area contributed by atoms with Crippen LogP contribution in [-0.2, 0) is 4.79 Å². The van der Waals surface area contributed by atoms with Crippen LogP contribution in [0.25, 0.3) is 0 Å². The Morgan fingerprint density at radius 2 is 1.60 bits per heavy atom. The van der Waals surface area contributed by atoms with Crippen LogP contribution in [0.4, 0.5) is 5.95 Å². The van der Waals surface area contributed by atoms with Gasteiger partial charge in [-0.15, -0.1) is 0 Å². The number of nitrogens with zero attached hydrogens (tertiary/aromatic N) is 4. The molecule has 1 amide bonds. The van der Waals surface area contributed by atoms with Crippen molar-refractivity contribution in [2.45, 2.75) is 46.1 Å². The zero-order valence-corrected chi connectivity index (χ0v) is 18.7. The third-order valence-electron chi connectivity index (χ3n) is 6.08. The molecule has 2 heterocycles. The summed E-state index contributed by atoms with van der Waals surface area (Å²) in [4.78, 5) is 25.5. The third kappa shape index (κ3) is 5.57. The van der Waals surface area contributed by atoms with Crippen molar-refractivity contribution in [1.29, 1.82) is 0 Å². The highest BCUT2D eigenvalue weighted by atomic mass is 16.2. The van der Waals surface area contributed by atoms with Crippen LogP contribution < -0.4 is 10.2 Å². The largest absolute Gasteiger partial charge is 0.338 e. The molecule has 6 nitrogen and oxygen atoms in total. The number of benzene rings is 1. The van der Waals surface area contributed by atoms with E-state index >= 15 is 0 Å². The Balaban J connectivity index is 1.53. The van der Waals surface area contributed by atoms with Gasteiger partial charge in [0.2, 0.25) is 11.9 Å². The number of rotatable bonds is 8. The smallest absolute Gasteiger partial charge is 0.236 e. The van der Waals surface area contributed by atoms with Crippen LogP contribution in [0, 0.1) is 5.92 Å². The van der Waals surface area contributed by atoms with E-state index in [1.807, 2.05) is 11.0 Å². The highest BCUT2D eigenvalue weighted by molar-refractivity contribution is 5.78. The number of amides is 1. The van der Waals surface area contributed by atoms with E-state index in [2.05, 4.69) is 72.1 Å². The first-order chi connectivity index (χ1) is 14.5. The minimum absolute atomic E-state index is 0.158. The molecule has 1 aromatic carbocycles. The van der Waals surface area contributed by atoms with Gasteiger partial charge in [-0.1, -0.05) is 52.0 Å². The van der Waals surface area contributed by atoms with Gasteiger partial charge in [0.15, 0.2) is 0 Å². The number of hydrogen-bond acceptors (Lipinski definition) is 5. The molecule has 30 heavy (non-hydrogen) atoms. The van der Waals surface area contributed by atoms with Gasteiger partial charge in [0.25, 0.3) is 0 Å². The summed E-state index contributed by atoms with van der Waals surface area (Å²) in [6.07, 6.45) is 4.65. The number of hydrogen-bond donors (Lipinski definition) is 1. The van der Waals surface area contributed by atoms with E-state index in [0.29, 0.717) is 31.5 Å². The topological polar surface area (TPSA) is 61.4 Å². The first-order valence-corrected chi connectivity index (χ1v) is 11.1. The van der Waals surface area contributed by atoms with Crippen molar-refractivity contribution in [3.05, 3.63) is 53.9 Å². The monoisotopic (exact) mass is 409 g/mol. The van der Waals surface area contributed by atoms with Gasteiger partial charge in [-0.05, 0) is 35.4 Å². The van der Waals surface area contributed by atoms with Crippen molar-refractivity contribution < 1.29 is 4.79 Å². The second-order valence-electron chi connectivity index (χ2n) is 8.50. The zero-order chi connectivity index (χ0) is 21.5. The van der Waals surface area contributed by atoms with Gasteiger partial charge in [0.1, 0.15) is 0 Å². The molecule has 0 unspecified atom stereocenters. The molecule has 2 atom stereocenters. The minimum atomic E-state index is 0.158. The van der Waals surface area contributed by atoms with Crippen molar-refractivity contribution >= 4 is 11.9 Å². The van der Waals surface area contributed by atoms with E-state index in [9.17, 15) is 4.79 Å². The van der Waals surface area contributed by atoms with Crippen molar-refractivity contribution in [1.82, 2.24) is 20.2 Å². The van der Waals surface area contributed by atoms with Crippen molar-refractivity contribution in [2.75, 3.05) is 37.6 Å². The van der Waals surface area contributed by atoms with Crippen LogP contribution in [0.3, 0.4) is 0 Å². The second-order valence-corrected chi connectivity index (χ2v) is 8.50. The maximum absolute atomic E-state index is 12.8. The van der Waals surface area contributed by atoms with E-state index in [0.717, 1.165) is 25.5 Å². The Hall–Kier alpha value is -2.47. The normalized spacial score (nSPS) is 16.6. The van der Waals surface area contributed by atoms with Gasteiger partial charge in [0.05, 0.1) is 6.54 Å². The molecule has 0 spiro atoms. The Morgan fingerprint density at radius 3 is 2.17 bits per heavy atom. The molecule has 1 saturated heterocycles. The molecule has 0 radical (unpaired) electrons. The van der Waals surface area contributed by atoms with Gasteiger partial charge < -0.3 is 15.1 Å². The number of nitrogens with one attached hydrogen (secondary N) is 1. The maximum Gasteiger partial charge on any atom is 0.236 e. The van der Waals surface area contributed by atoms with Gasteiger partial charge in [0, 0.05) is 44.6 Å². The number of anilines is 1. The van der Waals surface area contributed by atoms with Gasteiger partial charge >= 0.3 is 0 Å². The molecule has 0 aliphatic carbocycles. The summed E-state index contributed by atoms with van der Waals surface area (Å²) in [6, 6.07) is 10.9. The molecule has 0 saturated carbocycles. The van der Waals surface area contributed by atoms with Crippen molar-refractivity contribution in [3.8, 4) is 0 Å². The Kier molecular flexibility index (Phi) is 7.80. The van der Waals surface area contributed by atoms with Crippen molar-refractivity contribution in [3.63, 3.8) is 0 Å². The molecule has 1 aliphatic heterocycles. The van der Waals surface area contributed by atoms with E-state index in [1.165, 1.54) is 11.1 Å². The average molecular weight is 410 g/mol. The molecule has 1 fully saturated rings. The molecule has 1 N–H and O–H groups in total. The standard InChI is InChI=1S/C24H35N5O/c1-5-19(4)20-7-9-21(10-8-20)23(18(2)3)27-17-22(30)28-13-15-29(16-14-28)24-25-11-6-12-26-24/h6-12,18-19,23,27H,5,13-17H2,1-4H3/t19-,23+/m0/s1. The highest BCUT2D eigenvalue weighted by Gasteiger charge is 2.24. The number of piperazine rings is 1. The maximum atomic E-state index is 12.8. The van der Waals surface area contributed by atoms with E-state index in [4.69, 9.17) is 0 Å². The SMILES string of the molecule is CC[C@H](C)c1ccc([C@H](NCC(=O)N2CCN(c3ncccn3)CC2)C(C)C)cc1. The van der Waals surface area contributed by atoms with Crippen LogP contribution in [0.1, 0.15) is 57.2 Å². The number of aromatic nitrogens is 2. The molecule has 3 rings (SSSR count). The molecule has 1 aliphatic rings. The van der Waals surface area contributed by atoms with Gasteiger partial charge in [-0.2, -0.15) is 0 Å². The molecule has 1 aromatic heterocycles. The lowest BCUT2D eigenvalue weighted by Crippen LogP contribution is -2.51. The fourth-order valence-corrected chi connectivity index (χ4v) is 3.93. The Labute approximate surface area is 180 Å². The summed E-state index contributed by atoms with van der Waals surface area (Å²) in [6.45, 7) is 12.2. The lowest BCUT2D eigenvalue weighted by atomic mass is 9.92. The van der Waals surface area contributed by atoms with Crippen molar-refractivity contribution in [2.24, 2.45) is 5.92 Å². The summed E-state index contributed by atoms with van der Waals surface area (Å²) >= 11 is 0. The molecule has 6 heteroatoms. The molecule has 0 bridgehead atoms. The summed E-state index contributed by atoms with van der Waals surface area (Å²) < 4.78 is 0. The van der Waals surface area contributed by atoms with Crippen LogP contribution in [0.15, 0.2) is 42.7 Å². The van der Waals surface area contributed by atoms with Gasteiger partial charge in [-0.25, -0.2) is 9.97 Å². The number of carbonyl (C=O) groups is 1. The second kappa shape index (κ2) is 10.5. The first-order valence-electron chi connectivity index (χ1n) is 11.1. The Morgan fingerprint density at radius 1 is 1.00 bits per heavy atom. The fourth-order valence-electron chi connectivity index (χ4n) is 3.93.